The highest BCUT2D eigenvalue weighted by molar-refractivity contribution is 5.94. The summed E-state index contributed by atoms with van der Waals surface area (Å²) in [7, 11) is 0. The lowest BCUT2D eigenvalue weighted by molar-refractivity contribution is -0.143. The molecule has 1 heterocycles. The Morgan fingerprint density at radius 1 is 0.972 bits per heavy atom. The molecule has 0 aromatic carbocycles. The van der Waals surface area contributed by atoms with E-state index in [9.17, 15) is 29.1 Å². The van der Waals surface area contributed by atoms with E-state index in [-0.39, 0.29) is 19.3 Å². The molecule has 4 unspecified atom stereocenters. The summed E-state index contributed by atoms with van der Waals surface area (Å²) in [5, 5.41) is 25.6. The van der Waals surface area contributed by atoms with Gasteiger partial charge in [-0.3, -0.25) is 19.2 Å². The van der Waals surface area contributed by atoms with Crippen LogP contribution in [0.15, 0.2) is 12.5 Å². The largest absolute Gasteiger partial charge is 0.481 e. The van der Waals surface area contributed by atoms with Crippen molar-refractivity contribution in [2.45, 2.75) is 76.5 Å². The standard InChI is InChI=1S/C22H37N7O7/c1-12(2)18(21(34)28-16(22(35)36)6-7-17(30)31)29-20(33)15(5-3-4-8-23)27-19(32)14(24)9-13-10-25-11-26-13/h10-12,14-16,18H,3-9,23-24H2,1-2H3,(H,25,26)(H,27,32)(H,28,34)(H,29,33)(H,30,31)(H,35,36). The van der Waals surface area contributed by atoms with Crippen molar-refractivity contribution in [1.29, 1.82) is 0 Å². The molecule has 0 saturated heterocycles. The first kappa shape index (κ1) is 30.5. The van der Waals surface area contributed by atoms with Crippen LogP contribution < -0.4 is 27.4 Å². The highest BCUT2D eigenvalue weighted by Crippen LogP contribution is 2.08. The van der Waals surface area contributed by atoms with Gasteiger partial charge < -0.3 is 42.6 Å². The van der Waals surface area contributed by atoms with Gasteiger partial charge >= 0.3 is 11.9 Å². The van der Waals surface area contributed by atoms with Gasteiger partial charge in [-0.05, 0) is 38.1 Å². The minimum Gasteiger partial charge on any atom is -0.481 e. The van der Waals surface area contributed by atoms with Crippen LogP contribution in [0.2, 0.25) is 0 Å². The van der Waals surface area contributed by atoms with Crippen LogP contribution in [0.3, 0.4) is 0 Å². The molecule has 36 heavy (non-hydrogen) atoms. The van der Waals surface area contributed by atoms with Crippen molar-refractivity contribution in [3.05, 3.63) is 18.2 Å². The quantitative estimate of drug-likeness (QED) is 0.112. The zero-order valence-electron chi connectivity index (χ0n) is 20.5. The first-order valence-electron chi connectivity index (χ1n) is 11.7. The Balaban J connectivity index is 2.90. The summed E-state index contributed by atoms with van der Waals surface area (Å²) in [4.78, 5) is 67.5. The predicted octanol–water partition coefficient (Wildman–Crippen LogP) is -1.53. The molecule has 1 aromatic rings. The minimum absolute atomic E-state index is 0.174. The number of aromatic nitrogens is 2. The smallest absolute Gasteiger partial charge is 0.326 e. The molecule has 14 nitrogen and oxygen atoms in total. The number of hydrogen-bond acceptors (Lipinski definition) is 8. The second kappa shape index (κ2) is 15.5. The third kappa shape index (κ3) is 10.8. The molecule has 0 aliphatic rings. The Kier molecular flexibility index (Phi) is 13.1. The molecule has 0 saturated carbocycles. The predicted molar refractivity (Wildman–Crippen MR) is 128 cm³/mol. The fraction of sp³-hybridized carbons (Fsp3) is 0.636. The number of amides is 3. The van der Waals surface area contributed by atoms with E-state index >= 15 is 0 Å². The molecule has 1 aromatic heterocycles. The molecular weight excluding hydrogens is 474 g/mol. The van der Waals surface area contributed by atoms with E-state index in [1.807, 2.05) is 0 Å². The van der Waals surface area contributed by atoms with Crippen LogP contribution in [0.1, 0.15) is 51.6 Å². The molecule has 0 radical (unpaired) electrons. The number of carboxylic acid groups (broad SMARTS) is 2. The zero-order valence-corrected chi connectivity index (χ0v) is 20.5. The molecule has 10 N–H and O–H groups in total. The zero-order chi connectivity index (χ0) is 27.3. The number of aliphatic carboxylic acids is 2. The fourth-order valence-electron chi connectivity index (χ4n) is 3.34. The molecule has 3 amide bonds. The topological polar surface area (TPSA) is 243 Å². The summed E-state index contributed by atoms with van der Waals surface area (Å²) >= 11 is 0. The van der Waals surface area contributed by atoms with Gasteiger partial charge in [0.2, 0.25) is 17.7 Å². The van der Waals surface area contributed by atoms with Gasteiger partial charge in [-0.1, -0.05) is 13.8 Å². The number of nitrogens with two attached hydrogens (primary N) is 2. The van der Waals surface area contributed by atoms with E-state index in [1.165, 1.54) is 12.5 Å². The summed E-state index contributed by atoms with van der Waals surface area (Å²) in [6.07, 6.45) is 3.77. The molecular formula is C22H37N7O7. The van der Waals surface area contributed by atoms with Gasteiger partial charge in [0, 0.05) is 24.7 Å². The van der Waals surface area contributed by atoms with Crippen molar-refractivity contribution >= 4 is 29.7 Å². The van der Waals surface area contributed by atoms with E-state index in [2.05, 4.69) is 25.9 Å². The van der Waals surface area contributed by atoms with Gasteiger partial charge in [0.25, 0.3) is 0 Å². The third-order valence-electron chi connectivity index (χ3n) is 5.42. The van der Waals surface area contributed by atoms with Gasteiger partial charge in [-0.2, -0.15) is 0 Å². The number of nitrogens with one attached hydrogen (secondary N) is 4. The van der Waals surface area contributed by atoms with E-state index < -0.39 is 66.2 Å². The maximum atomic E-state index is 13.1. The maximum Gasteiger partial charge on any atom is 0.326 e. The number of H-pyrrole nitrogens is 1. The van der Waals surface area contributed by atoms with Crippen molar-refractivity contribution in [3.8, 4) is 0 Å². The highest BCUT2D eigenvalue weighted by atomic mass is 16.4. The number of carbonyl (C=O) groups excluding carboxylic acids is 3. The fourth-order valence-corrected chi connectivity index (χ4v) is 3.34. The molecule has 1 rings (SSSR count). The average molecular weight is 512 g/mol. The Morgan fingerprint density at radius 2 is 1.64 bits per heavy atom. The molecule has 14 heteroatoms. The number of carboxylic acids is 2. The molecule has 4 atom stereocenters. The Labute approximate surface area is 209 Å². The van der Waals surface area contributed by atoms with E-state index in [1.54, 1.807) is 13.8 Å². The van der Waals surface area contributed by atoms with Gasteiger partial charge in [-0.25, -0.2) is 9.78 Å². The lowest BCUT2D eigenvalue weighted by Crippen LogP contribution is -2.58. The molecule has 0 aliphatic heterocycles. The highest BCUT2D eigenvalue weighted by Gasteiger charge is 2.32. The lowest BCUT2D eigenvalue weighted by atomic mass is 10.0. The van der Waals surface area contributed by atoms with Crippen LogP contribution in [0.25, 0.3) is 0 Å². The first-order valence-corrected chi connectivity index (χ1v) is 11.7. The Bertz CT molecular complexity index is 876. The number of nitrogens with zero attached hydrogens (tertiary/aromatic N) is 1. The second-order valence-corrected chi connectivity index (χ2v) is 8.80. The molecule has 0 fully saturated rings. The van der Waals surface area contributed by atoms with E-state index in [0.717, 1.165) is 0 Å². The average Bonchev–Trinajstić information content (AvgIpc) is 3.31. The van der Waals surface area contributed by atoms with Crippen LogP contribution in [-0.2, 0) is 30.4 Å². The van der Waals surface area contributed by atoms with E-state index in [0.29, 0.717) is 25.1 Å². The third-order valence-corrected chi connectivity index (χ3v) is 5.42. The van der Waals surface area contributed by atoms with Gasteiger partial charge in [0.1, 0.15) is 18.1 Å². The SMILES string of the molecule is CC(C)C(NC(=O)C(CCCCN)NC(=O)C(N)Cc1cnc[nH]1)C(=O)NC(CCC(=O)O)C(=O)O. The van der Waals surface area contributed by atoms with Gasteiger partial charge in [-0.15, -0.1) is 0 Å². The van der Waals surface area contributed by atoms with Crippen molar-refractivity contribution in [3.63, 3.8) is 0 Å². The maximum absolute atomic E-state index is 13.1. The summed E-state index contributed by atoms with van der Waals surface area (Å²) in [6, 6.07) is -4.53. The van der Waals surface area contributed by atoms with Crippen LogP contribution >= 0.6 is 0 Å². The number of carbonyl (C=O) groups is 5. The molecule has 202 valence electrons. The minimum atomic E-state index is -1.44. The van der Waals surface area contributed by atoms with Crippen molar-refractivity contribution in [2.75, 3.05) is 6.54 Å². The van der Waals surface area contributed by atoms with Gasteiger partial charge in [0.15, 0.2) is 0 Å². The van der Waals surface area contributed by atoms with Crippen LogP contribution in [0.4, 0.5) is 0 Å². The summed E-state index contributed by atoms with van der Waals surface area (Å²) in [6.45, 7) is 3.70. The van der Waals surface area contributed by atoms with Crippen molar-refractivity contribution in [1.82, 2.24) is 25.9 Å². The number of unbranched alkanes of at least 4 members (excludes halogenated alkanes) is 1. The van der Waals surface area contributed by atoms with Crippen LogP contribution in [-0.4, -0.2) is 80.6 Å². The number of rotatable bonds is 17. The summed E-state index contributed by atoms with van der Waals surface area (Å²) in [5.74, 6) is -5.02. The normalized spacial score (nSPS) is 14.4. The lowest BCUT2D eigenvalue weighted by Gasteiger charge is -2.27. The summed E-state index contributed by atoms with van der Waals surface area (Å²) < 4.78 is 0. The van der Waals surface area contributed by atoms with Crippen molar-refractivity contribution < 1.29 is 34.2 Å². The number of aromatic amines is 1. The van der Waals surface area contributed by atoms with Crippen LogP contribution in [0, 0.1) is 5.92 Å². The Morgan fingerprint density at radius 3 is 2.17 bits per heavy atom. The number of hydrogen-bond donors (Lipinski definition) is 8. The molecule has 0 aliphatic carbocycles. The van der Waals surface area contributed by atoms with Crippen molar-refractivity contribution in [2.24, 2.45) is 17.4 Å². The Hall–Kier alpha value is -3.52. The summed E-state index contributed by atoms with van der Waals surface area (Å²) in [5.41, 5.74) is 12.2. The second-order valence-electron chi connectivity index (χ2n) is 8.80. The number of imidazole rings is 1. The monoisotopic (exact) mass is 511 g/mol. The first-order chi connectivity index (χ1) is 17.0. The molecule has 0 bridgehead atoms. The van der Waals surface area contributed by atoms with Gasteiger partial charge in [0.05, 0.1) is 12.4 Å². The van der Waals surface area contributed by atoms with Crippen LogP contribution in [0.5, 0.6) is 0 Å². The molecule has 0 spiro atoms. The van der Waals surface area contributed by atoms with E-state index in [4.69, 9.17) is 16.6 Å².